The van der Waals surface area contributed by atoms with Gasteiger partial charge in [-0.3, -0.25) is 0 Å². The highest BCUT2D eigenvalue weighted by Crippen LogP contribution is 2.32. The van der Waals surface area contributed by atoms with E-state index in [9.17, 15) is 0 Å². The number of allylic oxidation sites excluding steroid dienone is 5. The molecule has 0 aliphatic carbocycles. The molecule has 0 atom stereocenters. The zero-order valence-corrected chi connectivity index (χ0v) is 12.7. The van der Waals surface area contributed by atoms with E-state index in [1.807, 2.05) is 42.4 Å². The fourth-order valence-electron chi connectivity index (χ4n) is 2.11. The van der Waals surface area contributed by atoms with Crippen molar-refractivity contribution in [1.82, 2.24) is 0 Å². The molecule has 0 saturated heterocycles. The lowest BCUT2D eigenvalue weighted by molar-refractivity contribution is 0.517. The molecular weight excluding hydrogens is 259 g/mol. The highest BCUT2D eigenvalue weighted by Gasteiger charge is 2.28. The van der Waals surface area contributed by atoms with Gasteiger partial charge in [0.1, 0.15) is 11.5 Å². The van der Waals surface area contributed by atoms with Crippen molar-refractivity contribution in [1.29, 1.82) is 0 Å². The van der Waals surface area contributed by atoms with E-state index in [1.54, 1.807) is 0 Å². The zero-order chi connectivity index (χ0) is 14.8. The maximum atomic E-state index is 5.63. The van der Waals surface area contributed by atoms with Gasteiger partial charge in [0.15, 0.2) is 0 Å². The minimum Gasteiger partial charge on any atom is -0.520 e. The molecule has 0 radical (unpaired) electrons. The monoisotopic (exact) mass is 282 g/mol. The van der Waals surface area contributed by atoms with Crippen LogP contribution in [-0.2, 0) is 0 Å². The Hall–Kier alpha value is -1.90. The topological polar surface area (TPSA) is 18.5 Å². The highest BCUT2D eigenvalue weighted by atomic mass is 16.6. The van der Waals surface area contributed by atoms with Crippen molar-refractivity contribution in [2.45, 2.75) is 39.0 Å². The summed E-state index contributed by atoms with van der Waals surface area (Å²) >= 11 is 0. The molecule has 1 heterocycles. The summed E-state index contributed by atoms with van der Waals surface area (Å²) < 4.78 is 11.3. The van der Waals surface area contributed by atoms with Crippen molar-refractivity contribution in [3.05, 3.63) is 60.6 Å². The second kappa shape index (κ2) is 9.12. The molecule has 0 aromatic heterocycles. The summed E-state index contributed by atoms with van der Waals surface area (Å²) in [5.74, 6) is 3.54. The summed E-state index contributed by atoms with van der Waals surface area (Å²) in [7, 11) is -0.309. The first-order valence-corrected chi connectivity index (χ1v) is 7.81. The van der Waals surface area contributed by atoms with Crippen LogP contribution in [0.25, 0.3) is 0 Å². The molecule has 0 bridgehead atoms. The van der Waals surface area contributed by atoms with E-state index in [0.29, 0.717) is 0 Å². The van der Waals surface area contributed by atoms with Crippen LogP contribution >= 0.6 is 0 Å². The smallest absolute Gasteiger partial charge is 0.520 e. The van der Waals surface area contributed by atoms with E-state index in [2.05, 4.69) is 25.2 Å². The second-order valence-electron chi connectivity index (χ2n) is 5.07. The summed E-state index contributed by atoms with van der Waals surface area (Å²) in [5, 5.41) is 0. The van der Waals surface area contributed by atoms with E-state index in [1.165, 1.54) is 25.7 Å². The van der Waals surface area contributed by atoms with Gasteiger partial charge in [0.25, 0.3) is 0 Å². The first-order valence-electron chi connectivity index (χ1n) is 7.81. The highest BCUT2D eigenvalue weighted by molar-refractivity contribution is 6.53. The number of benzene rings is 1. The summed E-state index contributed by atoms with van der Waals surface area (Å²) in [5.41, 5.74) is 0. The van der Waals surface area contributed by atoms with Crippen LogP contribution in [0, 0.1) is 0 Å². The normalized spacial score (nSPS) is 14.0. The third-order valence-electron chi connectivity index (χ3n) is 3.26. The summed E-state index contributed by atoms with van der Waals surface area (Å²) in [6.45, 7) is 2.23. The standard InChI is InChI=1S/C18H23BO2/c1-2-3-4-5-6-7-8-9-10-13-16-19-20-17-14-11-12-15-18(17)21-19/h6-7,9-16H,2-5,8H2,1H3/b7-6-,10-9-,16-13+. The Morgan fingerprint density at radius 2 is 1.71 bits per heavy atom. The third kappa shape index (κ3) is 5.54. The molecule has 0 saturated carbocycles. The molecule has 2 rings (SSSR count). The summed E-state index contributed by atoms with van der Waals surface area (Å²) in [6, 6.07) is 7.73. The van der Waals surface area contributed by atoms with Gasteiger partial charge in [-0.1, -0.05) is 62.3 Å². The largest absolute Gasteiger partial charge is 0.625 e. The average molecular weight is 282 g/mol. The Morgan fingerprint density at radius 1 is 0.952 bits per heavy atom. The first kappa shape index (κ1) is 15.5. The Bertz CT molecular complexity index is 481. The lowest BCUT2D eigenvalue weighted by Gasteiger charge is -1.96. The maximum Gasteiger partial charge on any atom is 0.625 e. The predicted molar refractivity (Wildman–Crippen MR) is 89.6 cm³/mol. The lowest BCUT2D eigenvalue weighted by Crippen LogP contribution is -2.21. The van der Waals surface area contributed by atoms with Gasteiger partial charge in [0.05, 0.1) is 0 Å². The molecule has 2 nitrogen and oxygen atoms in total. The fourth-order valence-corrected chi connectivity index (χ4v) is 2.11. The van der Waals surface area contributed by atoms with Crippen LogP contribution in [0.2, 0.25) is 0 Å². The lowest BCUT2D eigenvalue weighted by atomic mass is 9.90. The summed E-state index contributed by atoms with van der Waals surface area (Å²) in [6.07, 6.45) is 16.7. The molecule has 110 valence electrons. The molecule has 0 spiro atoms. The van der Waals surface area contributed by atoms with Crippen molar-refractivity contribution in [3.8, 4) is 11.5 Å². The van der Waals surface area contributed by atoms with Crippen molar-refractivity contribution >= 4 is 7.12 Å². The molecule has 3 heteroatoms. The van der Waals surface area contributed by atoms with Crippen LogP contribution in [0.5, 0.6) is 11.5 Å². The van der Waals surface area contributed by atoms with Crippen molar-refractivity contribution < 1.29 is 9.31 Å². The van der Waals surface area contributed by atoms with Crippen molar-refractivity contribution in [3.63, 3.8) is 0 Å². The summed E-state index contributed by atoms with van der Waals surface area (Å²) in [4.78, 5) is 0. The first-order chi connectivity index (χ1) is 10.4. The van der Waals surface area contributed by atoms with E-state index >= 15 is 0 Å². The predicted octanol–water partition coefficient (Wildman–Crippen LogP) is 5.12. The Morgan fingerprint density at radius 3 is 2.43 bits per heavy atom. The van der Waals surface area contributed by atoms with Crippen LogP contribution in [-0.4, -0.2) is 7.12 Å². The van der Waals surface area contributed by atoms with E-state index in [0.717, 1.165) is 17.9 Å². The molecule has 0 unspecified atom stereocenters. The van der Waals surface area contributed by atoms with E-state index in [4.69, 9.17) is 9.31 Å². The van der Waals surface area contributed by atoms with Gasteiger partial charge in [-0.15, -0.1) is 0 Å². The molecule has 1 aliphatic heterocycles. The SMILES string of the molecule is CCCCC/C=C\C/C=C\C=C\B1Oc2ccccc2O1. The van der Waals surface area contributed by atoms with Gasteiger partial charge < -0.3 is 9.31 Å². The van der Waals surface area contributed by atoms with Gasteiger partial charge in [-0.05, 0) is 37.4 Å². The van der Waals surface area contributed by atoms with Crippen LogP contribution in [0.4, 0.5) is 0 Å². The molecule has 0 N–H and O–H groups in total. The average Bonchev–Trinajstić information content (AvgIpc) is 2.92. The number of hydrogen-bond donors (Lipinski definition) is 0. The number of rotatable bonds is 8. The Kier molecular flexibility index (Phi) is 6.73. The maximum absolute atomic E-state index is 5.63. The molecular formula is C18H23BO2. The Labute approximate surface area is 128 Å². The number of hydrogen-bond acceptors (Lipinski definition) is 2. The van der Waals surface area contributed by atoms with Gasteiger partial charge >= 0.3 is 7.12 Å². The molecule has 1 aromatic rings. The molecule has 21 heavy (non-hydrogen) atoms. The number of unbranched alkanes of at least 4 members (excludes halogenated alkanes) is 3. The zero-order valence-electron chi connectivity index (χ0n) is 12.7. The van der Waals surface area contributed by atoms with Gasteiger partial charge in [0.2, 0.25) is 0 Å². The minimum absolute atomic E-state index is 0.309. The minimum atomic E-state index is -0.309. The van der Waals surface area contributed by atoms with Gasteiger partial charge in [0, 0.05) is 0 Å². The van der Waals surface area contributed by atoms with Crippen LogP contribution < -0.4 is 9.31 Å². The third-order valence-corrected chi connectivity index (χ3v) is 3.26. The molecule has 0 amide bonds. The van der Waals surface area contributed by atoms with Gasteiger partial charge in [-0.2, -0.15) is 0 Å². The van der Waals surface area contributed by atoms with Gasteiger partial charge in [-0.25, -0.2) is 0 Å². The molecule has 0 fully saturated rings. The van der Waals surface area contributed by atoms with Crippen molar-refractivity contribution in [2.75, 3.05) is 0 Å². The quantitative estimate of drug-likeness (QED) is 0.285. The van der Waals surface area contributed by atoms with Crippen LogP contribution in [0.1, 0.15) is 39.0 Å². The van der Waals surface area contributed by atoms with E-state index < -0.39 is 0 Å². The Balaban J connectivity index is 1.62. The van der Waals surface area contributed by atoms with Crippen molar-refractivity contribution in [2.24, 2.45) is 0 Å². The van der Waals surface area contributed by atoms with E-state index in [-0.39, 0.29) is 7.12 Å². The number of fused-ring (bicyclic) bond motifs is 1. The fraction of sp³-hybridized carbons (Fsp3) is 0.333. The second-order valence-corrected chi connectivity index (χ2v) is 5.07. The van der Waals surface area contributed by atoms with Crippen LogP contribution in [0.3, 0.4) is 0 Å². The molecule has 1 aromatic carbocycles. The number of para-hydroxylation sites is 2. The van der Waals surface area contributed by atoms with Crippen LogP contribution in [0.15, 0.2) is 60.6 Å². The molecule has 1 aliphatic rings.